The maximum absolute atomic E-state index is 11.2. The minimum atomic E-state index is 0.218. The van der Waals surface area contributed by atoms with Crippen LogP contribution in [-0.4, -0.2) is 5.78 Å². The summed E-state index contributed by atoms with van der Waals surface area (Å²) < 4.78 is 0. The van der Waals surface area contributed by atoms with E-state index < -0.39 is 0 Å². The highest BCUT2D eigenvalue weighted by Gasteiger charge is 2.28. The molecule has 0 radical (unpaired) electrons. The van der Waals surface area contributed by atoms with Gasteiger partial charge in [-0.2, -0.15) is 0 Å². The highest BCUT2D eigenvalue weighted by atomic mass is 16.1. The van der Waals surface area contributed by atoms with Gasteiger partial charge in [0.2, 0.25) is 0 Å². The zero-order valence-corrected chi connectivity index (χ0v) is 6.06. The second kappa shape index (κ2) is 1.48. The van der Waals surface area contributed by atoms with E-state index in [0.717, 1.165) is 22.3 Å². The van der Waals surface area contributed by atoms with Crippen molar-refractivity contribution in [3.63, 3.8) is 0 Å². The minimum absolute atomic E-state index is 0.218. The van der Waals surface area contributed by atoms with E-state index in [-0.39, 0.29) is 5.78 Å². The van der Waals surface area contributed by atoms with Crippen LogP contribution in [0.25, 0.3) is 0 Å². The summed E-state index contributed by atoms with van der Waals surface area (Å²) >= 11 is 0. The van der Waals surface area contributed by atoms with Crippen molar-refractivity contribution in [3.8, 4) is 0 Å². The molecule has 0 amide bonds. The van der Waals surface area contributed by atoms with Crippen molar-refractivity contribution in [2.75, 3.05) is 0 Å². The average molecular weight is 132 g/mol. The lowest BCUT2D eigenvalue weighted by molar-refractivity contribution is -0.111. The van der Waals surface area contributed by atoms with Crippen LogP contribution in [0.1, 0.15) is 13.8 Å². The molecule has 0 spiro atoms. The Morgan fingerprint density at radius 3 is 1.60 bits per heavy atom. The zero-order chi connectivity index (χ0) is 7.30. The lowest BCUT2D eigenvalue weighted by Crippen LogP contribution is -1.90. The van der Waals surface area contributed by atoms with Gasteiger partial charge in [-0.25, -0.2) is 0 Å². The van der Waals surface area contributed by atoms with Gasteiger partial charge in [0.1, 0.15) is 0 Å². The highest BCUT2D eigenvalue weighted by molar-refractivity contribution is 6.19. The number of carbonyl (C=O) groups excluding carboxylic acids is 1. The lowest BCUT2D eigenvalue weighted by Gasteiger charge is -1.97. The molecule has 10 heavy (non-hydrogen) atoms. The fourth-order valence-electron chi connectivity index (χ4n) is 1.46. The third-order valence-electron chi connectivity index (χ3n) is 2.28. The van der Waals surface area contributed by atoms with Crippen molar-refractivity contribution in [2.24, 2.45) is 0 Å². The Hall–Kier alpha value is -1.11. The number of carbonyl (C=O) groups is 1. The molecule has 0 unspecified atom stereocenters. The molecule has 0 atom stereocenters. The number of ketones is 1. The maximum atomic E-state index is 11.2. The van der Waals surface area contributed by atoms with Crippen molar-refractivity contribution in [3.05, 3.63) is 34.4 Å². The molecular formula is C9H8O. The molecule has 0 aliphatic heterocycles. The smallest absolute Gasteiger partial charge is 0.193 e. The first-order valence-electron chi connectivity index (χ1n) is 3.36. The molecule has 0 N–H and O–H groups in total. The van der Waals surface area contributed by atoms with Crippen LogP contribution >= 0.6 is 0 Å². The first-order valence-corrected chi connectivity index (χ1v) is 3.36. The first kappa shape index (κ1) is 5.66. The SMILES string of the molecule is CC1=C2C=CC(=C1C)C2=O. The van der Waals surface area contributed by atoms with Crippen LogP contribution < -0.4 is 0 Å². The van der Waals surface area contributed by atoms with Gasteiger partial charge in [0.25, 0.3) is 0 Å². The molecule has 2 aliphatic rings. The Balaban J connectivity index is 2.77. The molecule has 0 fully saturated rings. The molecule has 0 heterocycles. The quantitative estimate of drug-likeness (QED) is 0.491. The average Bonchev–Trinajstić information content (AvgIpc) is 2.34. The summed E-state index contributed by atoms with van der Waals surface area (Å²) in [4.78, 5) is 11.2. The summed E-state index contributed by atoms with van der Waals surface area (Å²) in [7, 11) is 0. The number of rotatable bonds is 0. The van der Waals surface area contributed by atoms with Crippen molar-refractivity contribution >= 4 is 5.78 Å². The van der Waals surface area contributed by atoms with Crippen LogP contribution in [0.5, 0.6) is 0 Å². The van der Waals surface area contributed by atoms with E-state index in [1.807, 2.05) is 26.0 Å². The van der Waals surface area contributed by atoms with Crippen molar-refractivity contribution in [2.45, 2.75) is 13.8 Å². The number of hydrogen-bond acceptors (Lipinski definition) is 1. The summed E-state index contributed by atoms with van der Waals surface area (Å²) in [6.07, 6.45) is 3.81. The van der Waals surface area contributed by atoms with Gasteiger partial charge in [0.15, 0.2) is 5.78 Å². The van der Waals surface area contributed by atoms with Gasteiger partial charge in [0, 0.05) is 11.1 Å². The van der Waals surface area contributed by atoms with Gasteiger partial charge >= 0.3 is 0 Å². The topological polar surface area (TPSA) is 17.1 Å². The summed E-state index contributed by atoms with van der Waals surface area (Å²) in [6.45, 7) is 4.00. The number of allylic oxidation sites excluding steroid dienone is 6. The second-order valence-corrected chi connectivity index (χ2v) is 2.74. The van der Waals surface area contributed by atoms with E-state index in [9.17, 15) is 4.79 Å². The van der Waals surface area contributed by atoms with Crippen LogP contribution in [0.2, 0.25) is 0 Å². The molecule has 1 nitrogen and oxygen atoms in total. The van der Waals surface area contributed by atoms with E-state index in [4.69, 9.17) is 0 Å². The molecule has 0 saturated heterocycles. The summed E-state index contributed by atoms with van der Waals surface area (Å²) in [5.74, 6) is 0.218. The Kier molecular flexibility index (Phi) is 0.839. The predicted octanol–water partition coefficient (Wildman–Crippen LogP) is 1.77. The van der Waals surface area contributed by atoms with Crippen LogP contribution in [0, 0.1) is 0 Å². The van der Waals surface area contributed by atoms with E-state index in [0.29, 0.717) is 0 Å². The van der Waals surface area contributed by atoms with Crippen molar-refractivity contribution in [1.29, 1.82) is 0 Å². The number of Topliss-reactive ketones (excluding diaryl/α,β-unsaturated/α-hetero) is 1. The van der Waals surface area contributed by atoms with E-state index in [1.54, 1.807) is 0 Å². The van der Waals surface area contributed by atoms with Crippen LogP contribution in [-0.2, 0) is 4.79 Å². The third kappa shape index (κ3) is 0.419. The van der Waals surface area contributed by atoms with Gasteiger partial charge in [-0.3, -0.25) is 4.79 Å². The Labute approximate surface area is 59.7 Å². The normalized spacial score (nSPS) is 22.0. The molecule has 1 heteroatoms. The van der Waals surface area contributed by atoms with Gasteiger partial charge in [-0.05, 0) is 25.0 Å². The zero-order valence-electron chi connectivity index (χ0n) is 6.06. The third-order valence-corrected chi connectivity index (χ3v) is 2.28. The molecule has 0 aromatic rings. The standard InChI is InChI=1S/C9H8O/c1-5-6(2)8-4-3-7(5)9(8)10/h3-4H,1-2H3. The van der Waals surface area contributed by atoms with Crippen molar-refractivity contribution < 1.29 is 4.79 Å². The van der Waals surface area contributed by atoms with Crippen LogP contribution in [0.4, 0.5) is 0 Å². The van der Waals surface area contributed by atoms with E-state index >= 15 is 0 Å². The number of fused-ring (bicyclic) bond motifs is 2. The highest BCUT2D eigenvalue weighted by Crippen LogP contribution is 2.35. The molecule has 2 bridgehead atoms. The Bertz CT molecular complexity index is 284. The second-order valence-electron chi connectivity index (χ2n) is 2.74. The molecule has 0 saturated carbocycles. The maximum Gasteiger partial charge on any atom is 0.193 e. The van der Waals surface area contributed by atoms with Gasteiger partial charge in [0.05, 0.1) is 0 Å². The summed E-state index contributed by atoms with van der Waals surface area (Å²) in [5, 5.41) is 0. The van der Waals surface area contributed by atoms with Gasteiger partial charge < -0.3 is 0 Å². The lowest BCUT2D eigenvalue weighted by atomic mass is 10.1. The Morgan fingerprint density at radius 1 is 1.00 bits per heavy atom. The van der Waals surface area contributed by atoms with Gasteiger partial charge in [-0.15, -0.1) is 0 Å². The molecular weight excluding hydrogens is 124 g/mol. The fourth-order valence-corrected chi connectivity index (χ4v) is 1.46. The summed E-state index contributed by atoms with van der Waals surface area (Å²) in [6, 6.07) is 0. The van der Waals surface area contributed by atoms with Crippen molar-refractivity contribution in [1.82, 2.24) is 0 Å². The molecule has 50 valence electrons. The first-order chi connectivity index (χ1) is 4.72. The van der Waals surface area contributed by atoms with Crippen LogP contribution in [0.3, 0.4) is 0 Å². The number of hydrogen-bond donors (Lipinski definition) is 0. The van der Waals surface area contributed by atoms with Gasteiger partial charge in [-0.1, -0.05) is 12.2 Å². The minimum Gasteiger partial charge on any atom is -0.289 e. The monoisotopic (exact) mass is 132 g/mol. The molecule has 2 aliphatic carbocycles. The predicted molar refractivity (Wildman–Crippen MR) is 39.5 cm³/mol. The fraction of sp³-hybridized carbons (Fsp3) is 0.222. The molecule has 0 aromatic heterocycles. The summed E-state index contributed by atoms with van der Waals surface area (Å²) in [5.41, 5.74) is 4.10. The largest absolute Gasteiger partial charge is 0.289 e. The molecule has 2 rings (SSSR count). The van der Waals surface area contributed by atoms with E-state index in [1.165, 1.54) is 0 Å². The van der Waals surface area contributed by atoms with E-state index in [2.05, 4.69) is 0 Å². The Morgan fingerprint density at radius 2 is 1.40 bits per heavy atom. The van der Waals surface area contributed by atoms with Crippen LogP contribution in [0.15, 0.2) is 34.4 Å². The molecule has 0 aromatic carbocycles.